The number of hydrogen-bond acceptors (Lipinski definition) is 13. The topological polar surface area (TPSA) is 186 Å². The molecule has 0 aromatic heterocycles. The van der Waals surface area contributed by atoms with Gasteiger partial charge in [0.05, 0.1) is 19.8 Å². The summed E-state index contributed by atoms with van der Waals surface area (Å²) in [5, 5.41) is 58.9. The highest BCUT2D eigenvalue weighted by molar-refractivity contribution is 4.93. The molecule has 0 amide bonds. The highest BCUT2D eigenvalue weighted by atomic mass is 16.8. The lowest BCUT2D eigenvalue weighted by Gasteiger charge is -2.42. The van der Waals surface area contributed by atoms with E-state index in [4.69, 9.17) is 33.2 Å². The molecule has 3 aliphatic heterocycles. The molecule has 6 N–H and O–H groups in total. The molecule has 12 atom stereocenters. The van der Waals surface area contributed by atoms with Gasteiger partial charge in [0.25, 0.3) is 0 Å². The standard InChI is InChI=1S/C17H30O13/c1-24-8-5-26-17(25-2)14(30-16-12(23)10(21)7(4-19)28-16)13(8)29-15-11(22)9(20)6(3-18)27-15/h6-23H,3-5H2,1-2H3/t6-,7-,8-,9?,10?,11-,12-,13?,14?,15?,16?,17-/m1/s1. The normalized spacial score (nSPS) is 49.6. The summed E-state index contributed by atoms with van der Waals surface area (Å²) < 4.78 is 38.6. The van der Waals surface area contributed by atoms with E-state index < -0.39 is 87.0 Å². The highest BCUT2D eigenvalue weighted by Gasteiger charge is 2.52. The first kappa shape index (κ1) is 24.1. The summed E-state index contributed by atoms with van der Waals surface area (Å²) in [6.07, 6.45) is -14.2. The molecule has 13 heteroatoms. The van der Waals surface area contributed by atoms with Crippen molar-refractivity contribution in [2.75, 3.05) is 34.0 Å². The Balaban J connectivity index is 1.78. The molecular formula is C17H30O13. The van der Waals surface area contributed by atoms with Crippen LogP contribution in [0.4, 0.5) is 0 Å². The molecular weight excluding hydrogens is 412 g/mol. The van der Waals surface area contributed by atoms with E-state index in [1.807, 2.05) is 0 Å². The minimum Gasteiger partial charge on any atom is -0.394 e. The first-order valence-electron chi connectivity index (χ1n) is 9.59. The van der Waals surface area contributed by atoms with Crippen LogP contribution in [-0.2, 0) is 33.2 Å². The van der Waals surface area contributed by atoms with Crippen LogP contribution in [0.5, 0.6) is 0 Å². The van der Waals surface area contributed by atoms with Crippen LogP contribution in [-0.4, -0.2) is 138 Å². The van der Waals surface area contributed by atoms with E-state index in [-0.39, 0.29) is 6.61 Å². The predicted octanol–water partition coefficient (Wildman–Crippen LogP) is -4.35. The zero-order valence-electron chi connectivity index (χ0n) is 16.6. The van der Waals surface area contributed by atoms with E-state index in [1.54, 1.807) is 0 Å². The fourth-order valence-electron chi connectivity index (χ4n) is 3.72. The van der Waals surface area contributed by atoms with Crippen LogP contribution < -0.4 is 0 Å². The largest absolute Gasteiger partial charge is 0.394 e. The summed E-state index contributed by atoms with van der Waals surface area (Å²) in [4.78, 5) is 0. The number of methoxy groups -OCH3 is 2. The quantitative estimate of drug-likeness (QED) is 0.212. The van der Waals surface area contributed by atoms with E-state index >= 15 is 0 Å². The lowest BCUT2D eigenvalue weighted by molar-refractivity contribution is -0.340. The second-order valence-electron chi connectivity index (χ2n) is 7.33. The predicted molar refractivity (Wildman–Crippen MR) is 92.8 cm³/mol. The van der Waals surface area contributed by atoms with E-state index in [0.29, 0.717) is 0 Å². The minimum atomic E-state index is -1.46. The van der Waals surface area contributed by atoms with Gasteiger partial charge in [-0.15, -0.1) is 0 Å². The molecule has 0 aromatic carbocycles. The number of aliphatic hydroxyl groups excluding tert-OH is 6. The van der Waals surface area contributed by atoms with Gasteiger partial charge in [-0.2, -0.15) is 0 Å². The van der Waals surface area contributed by atoms with Gasteiger partial charge in [-0.1, -0.05) is 0 Å². The van der Waals surface area contributed by atoms with Crippen molar-refractivity contribution in [2.24, 2.45) is 0 Å². The van der Waals surface area contributed by atoms with Crippen molar-refractivity contribution in [3.63, 3.8) is 0 Å². The highest BCUT2D eigenvalue weighted by Crippen LogP contribution is 2.32. The molecule has 0 aromatic rings. The fourth-order valence-corrected chi connectivity index (χ4v) is 3.72. The molecule has 0 bridgehead atoms. The maximum atomic E-state index is 10.2. The third-order valence-corrected chi connectivity index (χ3v) is 5.50. The van der Waals surface area contributed by atoms with Crippen molar-refractivity contribution in [1.82, 2.24) is 0 Å². The molecule has 30 heavy (non-hydrogen) atoms. The van der Waals surface area contributed by atoms with Gasteiger partial charge in [-0.05, 0) is 0 Å². The number of rotatable bonds is 8. The Kier molecular flexibility index (Phi) is 8.36. The maximum Gasteiger partial charge on any atom is 0.187 e. The van der Waals surface area contributed by atoms with Crippen LogP contribution >= 0.6 is 0 Å². The van der Waals surface area contributed by atoms with E-state index in [0.717, 1.165) is 0 Å². The zero-order valence-corrected chi connectivity index (χ0v) is 16.6. The summed E-state index contributed by atoms with van der Waals surface area (Å²) in [7, 11) is 2.76. The van der Waals surface area contributed by atoms with Gasteiger partial charge in [0.2, 0.25) is 0 Å². The van der Waals surface area contributed by atoms with Gasteiger partial charge in [-0.3, -0.25) is 0 Å². The Morgan fingerprint density at radius 3 is 1.60 bits per heavy atom. The molecule has 3 aliphatic rings. The third-order valence-electron chi connectivity index (χ3n) is 5.50. The van der Waals surface area contributed by atoms with Crippen LogP contribution in [0, 0.1) is 0 Å². The Labute approximate surface area is 172 Å². The molecule has 6 unspecified atom stereocenters. The summed E-state index contributed by atoms with van der Waals surface area (Å²) in [5.74, 6) is 0. The third kappa shape index (κ3) is 4.63. The molecule has 0 spiro atoms. The van der Waals surface area contributed by atoms with E-state index in [9.17, 15) is 30.6 Å². The Morgan fingerprint density at radius 1 is 0.700 bits per heavy atom. The lowest BCUT2D eigenvalue weighted by atomic mass is 10.0. The number of hydrogen-bond donors (Lipinski definition) is 6. The van der Waals surface area contributed by atoms with Crippen LogP contribution in [0.2, 0.25) is 0 Å². The van der Waals surface area contributed by atoms with Gasteiger partial charge >= 0.3 is 0 Å². The summed E-state index contributed by atoms with van der Waals surface area (Å²) >= 11 is 0. The van der Waals surface area contributed by atoms with E-state index in [1.165, 1.54) is 14.2 Å². The molecule has 3 saturated heterocycles. The van der Waals surface area contributed by atoms with Crippen molar-refractivity contribution >= 4 is 0 Å². The van der Waals surface area contributed by atoms with Crippen LogP contribution in [0.1, 0.15) is 0 Å². The average molecular weight is 442 g/mol. The lowest BCUT2D eigenvalue weighted by Crippen LogP contribution is -2.59. The first-order valence-corrected chi connectivity index (χ1v) is 9.59. The van der Waals surface area contributed by atoms with Gasteiger partial charge in [0.15, 0.2) is 18.9 Å². The van der Waals surface area contributed by atoms with Gasteiger partial charge < -0.3 is 63.8 Å². The van der Waals surface area contributed by atoms with Crippen molar-refractivity contribution in [3.8, 4) is 0 Å². The smallest absolute Gasteiger partial charge is 0.187 e. The van der Waals surface area contributed by atoms with Crippen molar-refractivity contribution in [3.05, 3.63) is 0 Å². The maximum absolute atomic E-state index is 10.2. The number of ether oxygens (including phenoxy) is 7. The van der Waals surface area contributed by atoms with Gasteiger partial charge in [-0.25, -0.2) is 0 Å². The van der Waals surface area contributed by atoms with Crippen molar-refractivity contribution < 1.29 is 63.8 Å². The molecule has 0 radical (unpaired) electrons. The molecule has 176 valence electrons. The molecule has 3 rings (SSSR count). The molecule has 13 nitrogen and oxygen atoms in total. The zero-order chi connectivity index (χ0) is 22.0. The molecule has 3 fully saturated rings. The van der Waals surface area contributed by atoms with E-state index in [2.05, 4.69) is 0 Å². The second-order valence-corrected chi connectivity index (χ2v) is 7.33. The number of aliphatic hydroxyl groups is 6. The van der Waals surface area contributed by atoms with Crippen LogP contribution in [0.15, 0.2) is 0 Å². The average Bonchev–Trinajstić information content (AvgIpc) is 3.19. The molecule has 0 aliphatic carbocycles. The van der Waals surface area contributed by atoms with Crippen molar-refractivity contribution in [1.29, 1.82) is 0 Å². The summed E-state index contributed by atoms with van der Waals surface area (Å²) in [5.41, 5.74) is 0. The molecule has 3 heterocycles. The van der Waals surface area contributed by atoms with Crippen molar-refractivity contribution in [2.45, 2.75) is 73.8 Å². The molecule has 0 saturated carbocycles. The second kappa shape index (κ2) is 10.4. The SMILES string of the molecule is CO[C@@H]1OC[C@@H](OC)C(OC2O[C@H](CO)C(O)[C@H]2O)C1OC1O[C@H](CO)C(O)[C@H]1O. The minimum absolute atomic E-state index is 0.0320. The Morgan fingerprint density at radius 2 is 1.20 bits per heavy atom. The Bertz CT molecular complexity index is 492. The van der Waals surface area contributed by atoms with Gasteiger partial charge in [0, 0.05) is 14.2 Å². The van der Waals surface area contributed by atoms with Crippen LogP contribution in [0.25, 0.3) is 0 Å². The monoisotopic (exact) mass is 442 g/mol. The first-order chi connectivity index (χ1) is 14.4. The Hall–Kier alpha value is -0.520. The van der Waals surface area contributed by atoms with Crippen LogP contribution in [0.3, 0.4) is 0 Å². The summed E-state index contributed by atoms with van der Waals surface area (Å²) in [6.45, 7) is -1.02. The fraction of sp³-hybridized carbons (Fsp3) is 1.00. The summed E-state index contributed by atoms with van der Waals surface area (Å²) in [6, 6.07) is 0. The van der Waals surface area contributed by atoms with Gasteiger partial charge in [0.1, 0.15) is 54.9 Å².